The predicted molar refractivity (Wildman–Crippen MR) is 108 cm³/mol. The highest BCUT2D eigenvalue weighted by Crippen LogP contribution is 2.48. The van der Waals surface area contributed by atoms with Crippen LogP contribution in [0.25, 0.3) is 0 Å². The number of ether oxygens (including phenoxy) is 1. The second kappa shape index (κ2) is 6.57. The lowest BCUT2D eigenvalue weighted by Crippen LogP contribution is -2.43. The van der Waals surface area contributed by atoms with Gasteiger partial charge in [0.2, 0.25) is 0 Å². The molecule has 2 aliphatic heterocycles. The van der Waals surface area contributed by atoms with Crippen molar-refractivity contribution in [1.29, 1.82) is 0 Å². The first-order valence-corrected chi connectivity index (χ1v) is 9.68. The van der Waals surface area contributed by atoms with Crippen LogP contribution >= 0.6 is 0 Å². The summed E-state index contributed by atoms with van der Waals surface area (Å²) in [5.74, 6) is 0.788. The zero-order chi connectivity index (χ0) is 19.3. The van der Waals surface area contributed by atoms with Gasteiger partial charge in [-0.3, -0.25) is 4.90 Å². The van der Waals surface area contributed by atoms with E-state index in [9.17, 15) is 10.2 Å². The van der Waals surface area contributed by atoms with Gasteiger partial charge < -0.3 is 14.9 Å². The van der Waals surface area contributed by atoms with Crippen LogP contribution in [0.2, 0.25) is 0 Å². The number of fused-ring (bicyclic) bond motifs is 4. The lowest BCUT2D eigenvalue weighted by atomic mass is 9.78. The first-order chi connectivity index (χ1) is 13.7. The van der Waals surface area contributed by atoms with E-state index in [4.69, 9.17) is 4.74 Å². The van der Waals surface area contributed by atoms with Gasteiger partial charge in [0, 0.05) is 12.6 Å². The summed E-state index contributed by atoms with van der Waals surface area (Å²) in [6.45, 7) is 0.936. The maximum Gasteiger partial charge on any atom is 0.157 e. The van der Waals surface area contributed by atoms with Gasteiger partial charge in [0.25, 0.3) is 0 Å². The van der Waals surface area contributed by atoms with E-state index in [1.165, 1.54) is 16.7 Å². The largest absolute Gasteiger partial charge is 0.504 e. The molecule has 142 valence electrons. The second-order valence-electron chi connectivity index (χ2n) is 7.63. The molecule has 3 aromatic carbocycles. The number of methoxy groups -OCH3 is 1. The molecule has 0 bridgehead atoms. The number of aromatic hydroxyl groups is 2. The lowest BCUT2D eigenvalue weighted by Gasteiger charge is -2.47. The van der Waals surface area contributed by atoms with Gasteiger partial charge in [0.05, 0.1) is 13.2 Å². The van der Waals surface area contributed by atoms with Crippen molar-refractivity contribution < 1.29 is 14.9 Å². The molecule has 2 heterocycles. The Bertz CT molecular complexity index is 1030. The molecule has 0 spiro atoms. The minimum Gasteiger partial charge on any atom is -0.504 e. The average molecular weight is 373 g/mol. The van der Waals surface area contributed by atoms with Crippen LogP contribution in [-0.2, 0) is 12.8 Å². The summed E-state index contributed by atoms with van der Waals surface area (Å²) in [6, 6.07) is 20.5. The number of phenols is 2. The second-order valence-corrected chi connectivity index (χ2v) is 7.63. The molecule has 2 N–H and O–H groups in total. The Morgan fingerprint density at radius 3 is 2.46 bits per heavy atom. The lowest BCUT2D eigenvalue weighted by molar-refractivity contribution is 0.128. The van der Waals surface area contributed by atoms with Crippen molar-refractivity contribution in [2.75, 3.05) is 13.7 Å². The highest BCUT2D eigenvalue weighted by Gasteiger charge is 2.39. The molecule has 0 fully saturated rings. The molecule has 0 aliphatic carbocycles. The summed E-state index contributed by atoms with van der Waals surface area (Å²) in [7, 11) is 1.70. The van der Waals surface area contributed by atoms with Crippen LogP contribution in [0, 0.1) is 0 Å². The van der Waals surface area contributed by atoms with Crippen LogP contribution in [0.3, 0.4) is 0 Å². The Kier molecular flexibility index (Phi) is 4.02. The van der Waals surface area contributed by atoms with E-state index in [1.54, 1.807) is 19.2 Å². The summed E-state index contributed by atoms with van der Waals surface area (Å²) >= 11 is 0. The van der Waals surface area contributed by atoms with Gasteiger partial charge >= 0.3 is 0 Å². The predicted octanol–water partition coefficient (Wildman–Crippen LogP) is 4.35. The van der Waals surface area contributed by atoms with Crippen LogP contribution in [0.4, 0.5) is 0 Å². The molecule has 3 aromatic rings. The van der Waals surface area contributed by atoms with E-state index in [2.05, 4.69) is 41.3 Å². The Morgan fingerprint density at radius 1 is 0.893 bits per heavy atom. The van der Waals surface area contributed by atoms with Crippen LogP contribution < -0.4 is 4.74 Å². The Hall–Kier alpha value is -2.98. The van der Waals surface area contributed by atoms with Gasteiger partial charge in [-0.15, -0.1) is 0 Å². The fraction of sp³-hybridized carbons (Fsp3) is 0.250. The normalized spacial score (nSPS) is 20.8. The molecule has 0 saturated heterocycles. The van der Waals surface area contributed by atoms with E-state index in [0.29, 0.717) is 0 Å². The number of hydrogen-bond donors (Lipinski definition) is 2. The first-order valence-electron chi connectivity index (χ1n) is 9.68. The Labute approximate surface area is 164 Å². The molecule has 0 aromatic heterocycles. The number of hydrogen-bond acceptors (Lipinski definition) is 4. The highest BCUT2D eigenvalue weighted by molar-refractivity contribution is 5.52. The van der Waals surface area contributed by atoms with Crippen LogP contribution in [0.1, 0.15) is 39.9 Å². The van der Waals surface area contributed by atoms with Crippen molar-refractivity contribution in [3.05, 3.63) is 88.5 Å². The zero-order valence-corrected chi connectivity index (χ0v) is 15.8. The summed E-state index contributed by atoms with van der Waals surface area (Å²) in [5, 5.41) is 20.3. The minimum absolute atomic E-state index is 0.0511. The van der Waals surface area contributed by atoms with E-state index in [1.807, 2.05) is 12.1 Å². The van der Waals surface area contributed by atoms with Crippen molar-refractivity contribution >= 4 is 0 Å². The maximum atomic E-state index is 10.2. The van der Waals surface area contributed by atoms with E-state index >= 15 is 0 Å². The topological polar surface area (TPSA) is 52.9 Å². The third-order valence-electron chi connectivity index (χ3n) is 6.14. The van der Waals surface area contributed by atoms with Crippen LogP contribution in [0.5, 0.6) is 17.2 Å². The minimum atomic E-state index is -0.0553. The third-order valence-corrected chi connectivity index (χ3v) is 6.14. The molecule has 2 aliphatic rings. The summed E-state index contributed by atoms with van der Waals surface area (Å²) in [6.07, 6.45) is 1.78. The number of phenolic OH excluding ortho intramolecular Hbond substituents is 2. The van der Waals surface area contributed by atoms with Gasteiger partial charge in [-0.2, -0.15) is 0 Å². The smallest absolute Gasteiger partial charge is 0.157 e. The molecule has 0 amide bonds. The third kappa shape index (κ3) is 2.64. The molecule has 2 atom stereocenters. The molecule has 28 heavy (non-hydrogen) atoms. The van der Waals surface area contributed by atoms with Crippen LogP contribution in [0.15, 0.2) is 60.7 Å². The fourth-order valence-electron chi connectivity index (χ4n) is 4.83. The molecule has 0 unspecified atom stereocenters. The SMILES string of the molecule is COc1ccc2c(c1)CCN1[C@@H](c3ccccc3)c3cc(O)c(O)cc3C[C@@H]21. The Morgan fingerprint density at radius 2 is 1.68 bits per heavy atom. The quantitative estimate of drug-likeness (QED) is 0.656. The molecule has 4 heteroatoms. The van der Waals surface area contributed by atoms with Crippen LogP contribution in [-0.4, -0.2) is 28.8 Å². The molecule has 5 rings (SSSR count). The maximum absolute atomic E-state index is 10.2. The van der Waals surface area contributed by atoms with Crippen molar-refractivity contribution in [2.24, 2.45) is 0 Å². The van der Waals surface area contributed by atoms with Crippen molar-refractivity contribution in [2.45, 2.75) is 24.9 Å². The molecule has 4 nitrogen and oxygen atoms in total. The Balaban J connectivity index is 1.68. The van der Waals surface area contributed by atoms with E-state index in [-0.39, 0.29) is 23.6 Å². The van der Waals surface area contributed by atoms with Crippen molar-refractivity contribution in [1.82, 2.24) is 4.90 Å². The molecule has 0 saturated carbocycles. The average Bonchev–Trinajstić information content (AvgIpc) is 2.73. The molecular formula is C24H23NO3. The monoisotopic (exact) mass is 373 g/mol. The van der Waals surface area contributed by atoms with Crippen molar-refractivity contribution in [3.8, 4) is 17.2 Å². The van der Waals surface area contributed by atoms with E-state index in [0.717, 1.165) is 36.3 Å². The molecule has 0 radical (unpaired) electrons. The highest BCUT2D eigenvalue weighted by atomic mass is 16.5. The van der Waals surface area contributed by atoms with E-state index < -0.39 is 0 Å². The van der Waals surface area contributed by atoms with Gasteiger partial charge in [-0.1, -0.05) is 36.4 Å². The van der Waals surface area contributed by atoms with Gasteiger partial charge in [-0.05, 0) is 64.9 Å². The first kappa shape index (κ1) is 17.1. The standard InChI is InChI=1S/C24H23NO3/c1-28-18-7-8-19-16(11-18)9-10-25-21(19)12-17-13-22(26)23(27)14-20(17)24(25)15-5-3-2-4-6-15/h2-8,11,13-14,21,24,26-27H,9-10,12H2,1H3/t21-,24-/m0/s1. The zero-order valence-electron chi connectivity index (χ0n) is 15.8. The van der Waals surface area contributed by atoms with Gasteiger partial charge in [-0.25, -0.2) is 0 Å². The summed E-state index contributed by atoms with van der Waals surface area (Å²) < 4.78 is 5.42. The number of rotatable bonds is 2. The molecular weight excluding hydrogens is 350 g/mol. The summed E-state index contributed by atoms with van der Waals surface area (Å²) in [5.41, 5.74) is 6.03. The number of benzene rings is 3. The van der Waals surface area contributed by atoms with Crippen molar-refractivity contribution in [3.63, 3.8) is 0 Å². The number of nitrogens with zero attached hydrogens (tertiary/aromatic N) is 1. The van der Waals surface area contributed by atoms with Gasteiger partial charge in [0.15, 0.2) is 11.5 Å². The van der Waals surface area contributed by atoms with Gasteiger partial charge in [0.1, 0.15) is 5.75 Å². The fourth-order valence-corrected chi connectivity index (χ4v) is 4.83. The summed E-state index contributed by atoms with van der Waals surface area (Å²) in [4.78, 5) is 2.53.